The Bertz CT molecular complexity index is 1080. The van der Waals surface area contributed by atoms with Gasteiger partial charge in [0, 0.05) is 31.1 Å². The van der Waals surface area contributed by atoms with E-state index in [1.165, 1.54) is 0 Å². The smallest absolute Gasteiger partial charge is 0.231 e. The second-order valence-electron chi connectivity index (χ2n) is 6.71. The van der Waals surface area contributed by atoms with E-state index in [2.05, 4.69) is 15.4 Å². The number of rotatable bonds is 3. The van der Waals surface area contributed by atoms with E-state index in [-0.39, 0.29) is 18.6 Å². The molecular formula is C20H18N4O4. The van der Waals surface area contributed by atoms with Crippen LogP contribution in [0.3, 0.4) is 0 Å². The SMILES string of the molecule is COc1cc([C@@H]2CC(=O)Nc3c2c(-c2ccccn2)nn3C)cc2c1OCO2. The highest BCUT2D eigenvalue weighted by Gasteiger charge is 2.35. The molecule has 4 heterocycles. The summed E-state index contributed by atoms with van der Waals surface area (Å²) >= 11 is 0. The molecule has 0 spiro atoms. The maximum atomic E-state index is 12.4. The van der Waals surface area contributed by atoms with E-state index in [9.17, 15) is 4.79 Å². The number of anilines is 1. The normalized spacial score (nSPS) is 17.2. The van der Waals surface area contributed by atoms with Gasteiger partial charge in [-0.3, -0.25) is 14.5 Å². The second-order valence-corrected chi connectivity index (χ2v) is 6.71. The Balaban J connectivity index is 1.71. The Morgan fingerprint density at radius 3 is 2.96 bits per heavy atom. The largest absolute Gasteiger partial charge is 0.493 e. The minimum atomic E-state index is -0.210. The van der Waals surface area contributed by atoms with E-state index < -0.39 is 0 Å². The summed E-state index contributed by atoms with van der Waals surface area (Å²) in [6.45, 7) is 0.150. The lowest BCUT2D eigenvalue weighted by molar-refractivity contribution is -0.116. The number of nitrogens with one attached hydrogen (secondary N) is 1. The average molecular weight is 378 g/mol. The van der Waals surface area contributed by atoms with Gasteiger partial charge in [0.25, 0.3) is 0 Å². The summed E-state index contributed by atoms with van der Waals surface area (Å²) in [4.78, 5) is 16.9. The Morgan fingerprint density at radius 1 is 1.29 bits per heavy atom. The second kappa shape index (κ2) is 6.26. The predicted molar refractivity (Wildman–Crippen MR) is 101 cm³/mol. The minimum Gasteiger partial charge on any atom is -0.493 e. The highest BCUT2D eigenvalue weighted by Crippen LogP contribution is 2.48. The highest BCUT2D eigenvalue weighted by molar-refractivity contribution is 5.96. The van der Waals surface area contributed by atoms with E-state index in [4.69, 9.17) is 14.2 Å². The molecule has 0 saturated heterocycles. The molecule has 2 aromatic heterocycles. The standard InChI is InChI=1S/C20H18N4O4/c1-24-20-17(18(23-24)13-5-3-4-6-21-13)12(9-16(25)22-20)11-7-14(26-2)19-15(8-11)27-10-28-19/h3-8,12H,9-10H2,1-2H3,(H,22,25)/t12-/m0/s1. The number of carbonyl (C=O) groups excluding carboxylic acids is 1. The van der Waals surface area contributed by atoms with Crippen LogP contribution in [0.2, 0.25) is 0 Å². The number of aryl methyl sites for hydroxylation is 1. The summed E-state index contributed by atoms with van der Waals surface area (Å²) in [5.41, 5.74) is 3.34. The third kappa shape index (κ3) is 2.49. The molecule has 142 valence electrons. The van der Waals surface area contributed by atoms with Gasteiger partial charge in [0.05, 0.1) is 12.8 Å². The van der Waals surface area contributed by atoms with Gasteiger partial charge in [0.15, 0.2) is 11.5 Å². The first-order chi connectivity index (χ1) is 13.7. The zero-order valence-corrected chi connectivity index (χ0v) is 15.4. The van der Waals surface area contributed by atoms with Crippen molar-refractivity contribution in [3.05, 3.63) is 47.7 Å². The number of hydrogen-bond acceptors (Lipinski definition) is 6. The molecule has 1 atom stereocenters. The summed E-state index contributed by atoms with van der Waals surface area (Å²) in [5, 5.41) is 7.59. The minimum absolute atomic E-state index is 0.0651. The van der Waals surface area contributed by atoms with E-state index in [0.29, 0.717) is 29.5 Å². The molecule has 0 radical (unpaired) electrons. The van der Waals surface area contributed by atoms with Crippen molar-refractivity contribution in [2.24, 2.45) is 7.05 Å². The van der Waals surface area contributed by atoms with E-state index in [1.807, 2.05) is 37.4 Å². The number of nitrogens with zero attached hydrogens (tertiary/aromatic N) is 3. The maximum absolute atomic E-state index is 12.4. The van der Waals surface area contributed by atoms with Crippen LogP contribution in [0.5, 0.6) is 17.2 Å². The molecule has 0 aliphatic carbocycles. The number of fused-ring (bicyclic) bond motifs is 2. The van der Waals surface area contributed by atoms with Crippen molar-refractivity contribution in [1.82, 2.24) is 14.8 Å². The van der Waals surface area contributed by atoms with Gasteiger partial charge in [-0.05, 0) is 29.8 Å². The molecule has 3 aromatic rings. The molecule has 1 amide bonds. The molecule has 5 rings (SSSR count). The fraction of sp³-hybridized carbons (Fsp3) is 0.250. The zero-order valence-electron chi connectivity index (χ0n) is 15.4. The van der Waals surface area contributed by atoms with Crippen LogP contribution in [-0.4, -0.2) is 34.6 Å². The van der Waals surface area contributed by atoms with Crippen molar-refractivity contribution in [3.8, 4) is 28.6 Å². The number of benzene rings is 1. The van der Waals surface area contributed by atoms with Gasteiger partial charge in [0.2, 0.25) is 18.4 Å². The van der Waals surface area contributed by atoms with Crippen LogP contribution < -0.4 is 19.5 Å². The molecule has 0 bridgehead atoms. The number of ether oxygens (including phenoxy) is 3. The first-order valence-electron chi connectivity index (χ1n) is 8.91. The average Bonchev–Trinajstić information content (AvgIpc) is 3.32. The van der Waals surface area contributed by atoms with Crippen LogP contribution in [0.25, 0.3) is 11.4 Å². The van der Waals surface area contributed by atoms with Crippen molar-refractivity contribution in [2.75, 3.05) is 19.2 Å². The number of carbonyl (C=O) groups is 1. The van der Waals surface area contributed by atoms with Crippen LogP contribution in [0.15, 0.2) is 36.5 Å². The Kier molecular flexibility index (Phi) is 3.71. The molecule has 8 heteroatoms. The Morgan fingerprint density at radius 2 is 2.18 bits per heavy atom. The van der Waals surface area contributed by atoms with Gasteiger partial charge < -0.3 is 19.5 Å². The summed E-state index contributed by atoms with van der Waals surface area (Å²) in [6.07, 6.45) is 2.03. The van der Waals surface area contributed by atoms with Crippen molar-refractivity contribution in [3.63, 3.8) is 0 Å². The molecule has 0 saturated carbocycles. The lowest BCUT2D eigenvalue weighted by Crippen LogP contribution is -2.24. The molecule has 0 fully saturated rings. The van der Waals surface area contributed by atoms with E-state index >= 15 is 0 Å². The molecule has 2 aliphatic rings. The van der Waals surface area contributed by atoms with Crippen molar-refractivity contribution in [1.29, 1.82) is 0 Å². The third-order valence-corrected chi connectivity index (χ3v) is 5.07. The molecular weight excluding hydrogens is 360 g/mol. The summed E-state index contributed by atoms with van der Waals surface area (Å²) in [7, 11) is 3.40. The summed E-state index contributed by atoms with van der Waals surface area (Å²) < 4.78 is 18.2. The Hall–Kier alpha value is -3.55. The highest BCUT2D eigenvalue weighted by atomic mass is 16.7. The first-order valence-corrected chi connectivity index (χ1v) is 8.91. The maximum Gasteiger partial charge on any atom is 0.231 e. The van der Waals surface area contributed by atoms with Gasteiger partial charge in [-0.2, -0.15) is 5.10 Å². The molecule has 1 aromatic carbocycles. The van der Waals surface area contributed by atoms with Crippen LogP contribution in [0, 0.1) is 0 Å². The summed E-state index contributed by atoms with van der Waals surface area (Å²) in [6, 6.07) is 9.50. The Labute approximate surface area is 161 Å². The van der Waals surface area contributed by atoms with E-state index in [1.54, 1.807) is 18.0 Å². The van der Waals surface area contributed by atoms with Crippen molar-refractivity contribution in [2.45, 2.75) is 12.3 Å². The number of pyridine rings is 1. The van der Waals surface area contributed by atoms with Gasteiger partial charge in [0.1, 0.15) is 11.5 Å². The zero-order chi connectivity index (χ0) is 19.3. The summed E-state index contributed by atoms with van der Waals surface area (Å²) in [5.74, 6) is 2.19. The third-order valence-electron chi connectivity index (χ3n) is 5.07. The van der Waals surface area contributed by atoms with Crippen LogP contribution in [-0.2, 0) is 11.8 Å². The lowest BCUT2D eigenvalue weighted by atomic mass is 9.84. The predicted octanol–water partition coefficient (Wildman–Crippen LogP) is 2.69. The fourth-order valence-electron chi connectivity index (χ4n) is 3.82. The number of amides is 1. The van der Waals surface area contributed by atoms with Gasteiger partial charge >= 0.3 is 0 Å². The molecule has 0 unspecified atom stereocenters. The van der Waals surface area contributed by atoms with Gasteiger partial charge in [-0.1, -0.05) is 6.07 Å². The monoisotopic (exact) mass is 378 g/mol. The van der Waals surface area contributed by atoms with Crippen molar-refractivity contribution >= 4 is 11.7 Å². The number of methoxy groups -OCH3 is 1. The fourth-order valence-corrected chi connectivity index (χ4v) is 3.82. The lowest BCUT2D eigenvalue weighted by Gasteiger charge is -2.25. The molecule has 8 nitrogen and oxygen atoms in total. The van der Waals surface area contributed by atoms with Crippen molar-refractivity contribution < 1.29 is 19.0 Å². The van der Waals surface area contributed by atoms with Crippen LogP contribution in [0.1, 0.15) is 23.5 Å². The number of aromatic nitrogens is 3. The quantitative estimate of drug-likeness (QED) is 0.754. The van der Waals surface area contributed by atoms with Crippen LogP contribution in [0.4, 0.5) is 5.82 Å². The number of hydrogen-bond donors (Lipinski definition) is 1. The van der Waals surface area contributed by atoms with Gasteiger partial charge in [-0.15, -0.1) is 0 Å². The van der Waals surface area contributed by atoms with Crippen LogP contribution >= 0.6 is 0 Å². The topological polar surface area (TPSA) is 87.5 Å². The first kappa shape index (κ1) is 16.6. The van der Waals surface area contributed by atoms with Gasteiger partial charge in [-0.25, -0.2) is 0 Å². The molecule has 1 N–H and O–H groups in total. The molecule has 2 aliphatic heterocycles. The van der Waals surface area contributed by atoms with E-state index in [0.717, 1.165) is 22.5 Å². The molecule has 28 heavy (non-hydrogen) atoms.